The smallest absolute Gasteiger partial charge is 0.280 e. The molecule has 2 saturated heterocycles. The van der Waals surface area contributed by atoms with E-state index >= 15 is 0 Å². The molecule has 0 aromatic carbocycles. The van der Waals surface area contributed by atoms with E-state index < -0.39 is 16.3 Å². The molecule has 1 aromatic heterocycles. The third-order valence-corrected chi connectivity index (χ3v) is 5.74. The van der Waals surface area contributed by atoms with Gasteiger partial charge >= 0.3 is 0 Å². The lowest BCUT2D eigenvalue weighted by molar-refractivity contribution is -0.127. The van der Waals surface area contributed by atoms with Crippen molar-refractivity contribution < 1.29 is 17.6 Å². The first kappa shape index (κ1) is 14.6. The van der Waals surface area contributed by atoms with Gasteiger partial charge in [0.2, 0.25) is 5.91 Å². The first-order valence-corrected chi connectivity index (χ1v) is 8.50. The molecule has 2 aliphatic rings. The highest BCUT2D eigenvalue weighted by molar-refractivity contribution is 7.87. The fraction of sp³-hybridized carbons (Fsp3) is 0.615. The minimum atomic E-state index is -3.70. The summed E-state index contributed by atoms with van der Waals surface area (Å²) in [5, 5.41) is 0. The molecule has 0 saturated carbocycles. The minimum Gasteiger partial charge on any atom is -0.468 e. The average molecular weight is 313 g/mol. The van der Waals surface area contributed by atoms with Gasteiger partial charge in [0.25, 0.3) is 10.2 Å². The van der Waals surface area contributed by atoms with Crippen molar-refractivity contribution in [3.05, 3.63) is 24.2 Å². The van der Waals surface area contributed by atoms with Crippen molar-refractivity contribution in [2.45, 2.75) is 31.3 Å². The minimum absolute atomic E-state index is 0.174. The van der Waals surface area contributed by atoms with Gasteiger partial charge in [-0.2, -0.15) is 17.4 Å². The van der Waals surface area contributed by atoms with Crippen LogP contribution in [0.5, 0.6) is 0 Å². The number of amides is 1. The van der Waals surface area contributed by atoms with E-state index in [1.807, 2.05) is 0 Å². The number of carbonyl (C=O) groups excluding carboxylic acids is 1. The molecule has 0 radical (unpaired) electrons. The number of likely N-dealkylation sites (tertiary alicyclic amines) is 1. The van der Waals surface area contributed by atoms with Crippen molar-refractivity contribution in [1.82, 2.24) is 13.9 Å². The summed E-state index contributed by atoms with van der Waals surface area (Å²) in [6.07, 6.45) is 3.56. The SMILES string of the molecule is CN1CC[C@@H](NS(=O)(=O)N2CCC[C@H]2c2ccco2)C1=O. The Kier molecular flexibility index (Phi) is 3.76. The Morgan fingerprint density at radius 2 is 2.14 bits per heavy atom. The normalized spacial score (nSPS) is 27.7. The number of likely N-dealkylation sites (N-methyl/N-ethyl adjacent to an activating group) is 1. The number of nitrogens with zero attached hydrogens (tertiary/aromatic N) is 2. The van der Waals surface area contributed by atoms with Crippen LogP contribution in [0.4, 0.5) is 0 Å². The van der Waals surface area contributed by atoms with Gasteiger partial charge in [0.1, 0.15) is 11.8 Å². The molecule has 7 nitrogen and oxygen atoms in total. The number of furan rings is 1. The zero-order valence-corrected chi connectivity index (χ0v) is 12.7. The van der Waals surface area contributed by atoms with Crippen molar-refractivity contribution in [2.75, 3.05) is 20.1 Å². The van der Waals surface area contributed by atoms with Crippen LogP contribution in [0.1, 0.15) is 31.1 Å². The summed E-state index contributed by atoms with van der Waals surface area (Å²) >= 11 is 0. The predicted octanol–water partition coefficient (Wildman–Crippen LogP) is 0.482. The van der Waals surface area contributed by atoms with E-state index in [4.69, 9.17) is 4.42 Å². The zero-order chi connectivity index (χ0) is 15.0. The average Bonchev–Trinajstić information content (AvgIpc) is 3.14. The Morgan fingerprint density at radius 3 is 2.76 bits per heavy atom. The van der Waals surface area contributed by atoms with Crippen LogP contribution in [-0.4, -0.2) is 49.7 Å². The van der Waals surface area contributed by atoms with E-state index in [9.17, 15) is 13.2 Å². The number of rotatable bonds is 4. The maximum atomic E-state index is 12.5. The summed E-state index contributed by atoms with van der Waals surface area (Å²) in [5.41, 5.74) is 0. The van der Waals surface area contributed by atoms with Gasteiger partial charge in [-0.3, -0.25) is 4.79 Å². The zero-order valence-electron chi connectivity index (χ0n) is 11.9. The second-order valence-corrected chi connectivity index (χ2v) is 7.16. The lowest BCUT2D eigenvalue weighted by Crippen LogP contribution is -2.47. The van der Waals surface area contributed by atoms with Gasteiger partial charge in [0.05, 0.1) is 12.3 Å². The molecular formula is C13H19N3O4S. The largest absolute Gasteiger partial charge is 0.468 e. The Balaban J connectivity index is 1.76. The Labute approximate surface area is 124 Å². The van der Waals surface area contributed by atoms with Gasteiger partial charge in [0.15, 0.2) is 0 Å². The number of carbonyl (C=O) groups is 1. The first-order valence-electron chi connectivity index (χ1n) is 7.06. The van der Waals surface area contributed by atoms with Crippen LogP contribution in [0.3, 0.4) is 0 Å². The topological polar surface area (TPSA) is 82.9 Å². The molecule has 3 rings (SSSR count). The van der Waals surface area contributed by atoms with Crippen LogP contribution in [0, 0.1) is 0 Å². The highest BCUT2D eigenvalue weighted by atomic mass is 32.2. The van der Waals surface area contributed by atoms with E-state index in [0.29, 0.717) is 25.3 Å². The van der Waals surface area contributed by atoms with Crippen LogP contribution in [0.15, 0.2) is 22.8 Å². The number of hydrogen-bond donors (Lipinski definition) is 1. The first-order chi connectivity index (χ1) is 9.99. The van der Waals surface area contributed by atoms with Gasteiger partial charge in [-0.1, -0.05) is 0 Å². The summed E-state index contributed by atoms with van der Waals surface area (Å²) in [6, 6.07) is 2.60. The Morgan fingerprint density at radius 1 is 1.33 bits per heavy atom. The summed E-state index contributed by atoms with van der Waals surface area (Å²) in [4.78, 5) is 13.4. The molecule has 0 unspecified atom stereocenters. The maximum Gasteiger partial charge on any atom is 0.280 e. The summed E-state index contributed by atoms with van der Waals surface area (Å²) in [7, 11) is -2.02. The third-order valence-electron chi connectivity index (χ3n) is 4.10. The molecule has 0 bridgehead atoms. The number of hydrogen-bond acceptors (Lipinski definition) is 4. The van der Waals surface area contributed by atoms with Gasteiger partial charge in [0, 0.05) is 20.1 Å². The quantitative estimate of drug-likeness (QED) is 0.876. The van der Waals surface area contributed by atoms with Crippen LogP contribution in [0.2, 0.25) is 0 Å². The van der Waals surface area contributed by atoms with Crippen LogP contribution >= 0.6 is 0 Å². The monoisotopic (exact) mass is 313 g/mol. The van der Waals surface area contributed by atoms with E-state index in [1.54, 1.807) is 30.3 Å². The standard InChI is InChI=1S/C13H19N3O4S/c1-15-8-6-10(13(15)17)14-21(18,19)16-7-2-4-11(16)12-5-3-9-20-12/h3,5,9-11,14H,2,4,6-8H2,1H3/t10-,11+/m1/s1. The summed E-state index contributed by atoms with van der Waals surface area (Å²) < 4.78 is 34.4. The molecule has 3 heterocycles. The third kappa shape index (κ3) is 2.70. The molecule has 2 atom stereocenters. The Bertz CT molecular complexity index is 613. The molecule has 1 amide bonds. The van der Waals surface area contributed by atoms with E-state index in [0.717, 1.165) is 12.8 Å². The number of nitrogens with one attached hydrogen (secondary N) is 1. The molecule has 21 heavy (non-hydrogen) atoms. The lowest BCUT2D eigenvalue weighted by atomic mass is 10.2. The highest BCUT2D eigenvalue weighted by Crippen LogP contribution is 2.34. The van der Waals surface area contributed by atoms with Crippen molar-refractivity contribution in [1.29, 1.82) is 0 Å². The van der Waals surface area contributed by atoms with E-state index in [1.165, 1.54) is 4.31 Å². The fourth-order valence-corrected chi connectivity index (χ4v) is 4.60. The van der Waals surface area contributed by atoms with E-state index in [-0.39, 0.29) is 11.9 Å². The predicted molar refractivity (Wildman–Crippen MR) is 75.5 cm³/mol. The van der Waals surface area contributed by atoms with Gasteiger partial charge in [-0.15, -0.1) is 0 Å². The second kappa shape index (κ2) is 5.43. The summed E-state index contributed by atoms with van der Waals surface area (Å²) in [6.45, 7) is 1.02. The Hall–Kier alpha value is -1.38. The second-order valence-electron chi connectivity index (χ2n) is 5.51. The van der Waals surface area contributed by atoms with Crippen molar-refractivity contribution in [3.8, 4) is 0 Å². The molecule has 0 spiro atoms. The van der Waals surface area contributed by atoms with Gasteiger partial charge in [-0.25, -0.2) is 0 Å². The summed E-state index contributed by atoms with van der Waals surface area (Å²) in [5.74, 6) is 0.472. The van der Waals surface area contributed by atoms with Crippen molar-refractivity contribution in [2.24, 2.45) is 0 Å². The fourth-order valence-electron chi connectivity index (χ4n) is 2.97. The molecular weight excluding hydrogens is 294 g/mol. The molecule has 0 aliphatic carbocycles. The van der Waals surface area contributed by atoms with Crippen LogP contribution < -0.4 is 4.72 Å². The highest BCUT2D eigenvalue weighted by Gasteiger charge is 2.40. The molecule has 2 aliphatic heterocycles. The van der Waals surface area contributed by atoms with Crippen LogP contribution in [-0.2, 0) is 15.0 Å². The molecule has 1 N–H and O–H groups in total. The maximum absolute atomic E-state index is 12.5. The lowest BCUT2D eigenvalue weighted by Gasteiger charge is -2.24. The van der Waals surface area contributed by atoms with Crippen LogP contribution in [0.25, 0.3) is 0 Å². The molecule has 116 valence electrons. The van der Waals surface area contributed by atoms with Crippen molar-refractivity contribution >= 4 is 16.1 Å². The van der Waals surface area contributed by atoms with E-state index in [2.05, 4.69) is 4.72 Å². The van der Waals surface area contributed by atoms with Crippen molar-refractivity contribution in [3.63, 3.8) is 0 Å². The van der Waals surface area contributed by atoms with Gasteiger partial charge < -0.3 is 9.32 Å². The molecule has 1 aromatic rings. The molecule has 2 fully saturated rings. The van der Waals surface area contributed by atoms with Gasteiger partial charge in [-0.05, 0) is 31.4 Å². The molecule has 8 heteroatoms.